The highest BCUT2D eigenvalue weighted by Gasteiger charge is 2.08. The van der Waals surface area contributed by atoms with Gasteiger partial charge in [0.1, 0.15) is 0 Å². The molecule has 0 aliphatic carbocycles. The largest absolute Gasteiger partial charge is 0.372 e. The molecule has 0 fully saturated rings. The van der Waals surface area contributed by atoms with Gasteiger partial charge < -0.3 is 0 Å². The van der Waals surface area contributed by atoms with Crippen molar-refractivity contribution in [1.82, 2.24) is 4.83 Å². The van der Waals surface area contributed by atoms with Gasteiger partial charge in [-0.05, 0) is 0 Å². The van der Waals surface area contributed by atoms with Crippen LogP contribution in [0.3, 0.4) is 0 Å². The van der Waals surface area contributed by atoms with E-state index in [1.165, 1.54) is 0 Å². The molecule has 5 nitrogen and oxygen atoms in total. The normalized spacial score (nSPS) is 10.8. The smallest absolute Gasteiger partial charge is 0.268 e. The molecular formula is C13H12N2O3S. The summed E-state index contributed by atoms with van der Waals surface area (Å²) >= 11 is 0. The van der Waals surface area contributed by atoms with Gasteiger partial charge in [0, 0.05) is 11.1 Å². The first-order valence-corrected chi connectivity index (χ1v) is 6.93. The highest BCUT2D eigenvalue weighted by molar-refractivity contribution is 7.83. The average molecular weight is 276 g/mol. The molecular weight excluding hydrogens is 264 g/mol. The predicted molar refractivity (Wildman–Crippen MR) is 73.2 cm³/mol. The van der Waals surface area contributed by atoms with Crippen LogP contribution >= 0.6 is 0 Å². The Hall–Kier alpha value is -2.18. The second-order valence-corrected chi connectivity index (χ2v) is 4.89. The molecule has 2 N–H and O–H groups in total. The van der Waals surface area contributed by atoms with Gasteiger partial charge in [0.2, 0.25) is 0 Å². The van der Waals surface area contributed by atoms with Gasteiger partial charge in [-0.1, -0.05) is 60.7 Å². The second kappa shape index (κ2) is 5.64. The van der Waals surface area contributed by atoms with E-state index in [-0.39, 0.29) is 0 Å². The first kappa shape index (κ1) is 13.3. The summed E-state index contributed by atoms with van der Waals surface area (Å²) in [5.74, 6) is 0. The summed E-state index contributed by atoms with van der Waals surface area (Å²) in [6.45, 7) is 0. The second-order valence-electron chi connectivity index (χ2n) is 3.76. The molecule has 0 amide bonds. The molecule has 2 aromatic rings. The van der Waals surface area contributed by atoms with Crippen molar-refractivity contribution in [3.05, 3.63) is 71.8 Å². The number of hydrogen-bond acceptors (Lipinski definition) is 3. The molecule has 0 aromatic heterocycles. The summed E-state index contributed by atoms with van der Waals surface area (Å²) < 4.78 is 30.2. The van der Waals surface area contributed by atoms with Crippen molar-refractivity contribution in [2.24, 2.45) is 5.10 Å². The molecule has 0 spiro atoms. The molecule has 0 saturated heterocycles. The van der Waals surface area contributed by atoms with E-state index in [0.29, 0.717) is 5.71 Å². The maximum Gasteiger partial charge on any atom is 0.372 e. The molecule has 2 aromatic carbocycles. The van der Waals surface area contributed by atoms with E-state index >= 15 is 0 Å². The van der Waals surface area contributed by atoms with Crippen molar-refractivity contribution in [1.29, 1.82) is 0 Å². The maximum atomic E-state index is 10.7. The summed E-state index contributed by atoms with van der Waals surface area (Å²) in [4.78, 5) is 1.73. The van der Waals surface area contributed by atoms with Gasteiger partial charge in [-0.2, -0.15) is 18.4 Å². The summed E-state index contributed by atoms with van der Waals surface area (Å²) in [5.41, 5.74) is 1.91. The number of nitrogens with zero attached hydrogens (tertiary/aromatic N) is 1. The molecule has 0 unspecified atom stereocenters. The lowest BCUT2D eigenvalue weighted by Gasteiger charge is -2.07. The van der Waals surface area contributed by atoms with E-state index in [2.05, 4.69) is 5.10 Å². The van der Waals surface area contributed by atoms with Crippen molar-refractivity contribution in [2.75, 3.05) is 0 Å². The molecule has 19 heavy (non-hydrogen) atoms. The number of benzene rings is 2. The summed E-state index contributed by atoms with van der Waals surface area (Å²) in [6.07, 6.45) is 0. The Morgan fingerprint density at radius 2 is 1.32 bits per heavy atom. The monoisotopic (exact) mass is 276 g/mol. The molecule has 0 radical (unpaired) electrons. The molecule has 6 heteroatoms. The predicted octanol–water partition coefficient (Wildman–Crippen LogP) is 1.83. The standard InChI is InChI=1S/C13H12N2O3S/c16-19(17,18)15-14-13(11-7-3-1-4-8-11)12-9-5-2-6-10-12/h1-10,15H,(H,16,17,18). The molecule has 0 heterocycles. The minimum Gasteiger partial charge on any atom is -0.268 e. The van der Waals surface area contributed by atoms with Gasteiger partial charge >= 0.3 is 10.3 Å². The van der Waals surface area contributed by atoms with Gasteiger partial charge in [0.15, 0.2) is 0 Å². The zero-order valence-corrected chi connectivity index (χ0v) is 10.7. The highest BCUT2D eigenvalue weighted by Crippen LogP contribution is 2.10. The zero-order chi connectivity index (χ0) is 13.7. The number of nitrogens with one attached hydrogen (secondary N) is 1. The van der Waals surface area contributed by atoms with E-state index in [1.54, 1.807) is 29.1 Å². The molecule has 0 saturated carbocycles. The molecule has 0 aliphatic heterocycles. The lowest BCUT2D eigenvalue weighted by atomic mass is 10.0. The summed E-state index contributed by atoms with van der Waals surface area (Å²) in [7, 11) is -4.37. The van der Waals surface area contributed by atoms with E-state index < -0.39 is 10.3 Å². The lowest BCUT2D eigenvalue weighted by molar-refractivity contribution is 0.470. The summed E-state index contributed by atoms with van der Waals surface area (Å²) in [6, 6.07) is 18.2. The zero-order valence-electron chi connectivity index (χ0n) is 9.89. The summed E-state index contributed by atoms with van der Waals surface area (Å²) in [5, 5.41) is 3.76. The van der Waals surface area contributed by atoms with E-state index in [0.717, 1.165) is 11.1 Å². The Labute approximate surface area is 111 Å². The fourth-order valence-electron chi connectivity index (χ4n) is 1.59. The van der Waals surface area contributed by atoms with Gasteiger partial charge in [-0.25, -0.2) is 0 Å². The van der Waals surface area contributed by atoms with Crippen molar-refractivity contribution in [3.63, 3.8) is 0 Å². The fourth-order valence-corrected chi connectivity index (χ4v) is 1.80. The Kier molecular flexibility index (Phi) is 3.94. The molecule has 98 valence electrons. The van der Waals surface area contributed by atoms with Crippen LogP contribution in [-0.2, 0) is 10.3 Å². The minimum absolute atomic E-state index is 0.429. The third kappa shape index (κ3) is 3.90. The van der Waals surface area contributed by atoms with Gasteiger partial charge in [0.05, 0.1) is 5.71 Å². The van der Waals surface area contributed by atoms with Crippen LogP contribution in [0.5, 0.6) is 0 Å². The number of hydrogen-bond donors (Lipinski definition) is 2. The Morgan fingerprint density at radius 3 is 1.68 bits per heavy atom. The first-order valence-electron chi connectivity index (χ1n) is 5.49. The van der Waals surface area contributed by atoms with Crippen LogP contribution in [0.25, 0.3) is 0 Å². The highest BCUT2D eigenvalue weighted by atomic mass is 32.2. The third-order valence-electron chi connectivity index (χ3n) is 2.37. The van der Waals surface area contributed by atoms with E-state index in [4.69, 9.17) is 4.55 Å². The lowest BCUT2D eigenvalue weighted by Crippen LogP contribution is -2.19. The van der Waals surface area contributed by atoms with Crippen LogP contribution in [0, 0.1) is 0 Å². The first-order chi connectivity index (χ1) is 9.06. The Morgan fingerprint density at radius 1 is 0.895 bits per heavy atom. The van der Waals surface area contributed by atoms with Crippen LogP contribution in [0.4, 0.5) is 0 Å². The van der Waals surface area contributed by atoms with E-state index in [9.17, 15) is 8.42 Å². The molecule has 0 bridgehead atoms. The fraction of sp³-hybridized carbons (Fsp3) is 0. The topological polar surface area (TPSA) is 78.8 Å². The van der Waals surface area contributed by atoms with Gasteiger partial charge in [0.25, 0.3) is 0 Å². The van der Waals surface area contributed by atoms with Crippen LogP contribution in [0.1, 0.15) is 11.1 Å². The van der Waals surface area contributed by atoms with Crippen LogP contribution in [0.2, 0.25) is 0 Å². The molecule has 0 atom stereocenters. The van der Waals surface area contributed by atoms with Crippen LogP contribution < -0.4 is 4.83 Å². The number of hydrazone groups is 1. The average Bonchev–Trinajstić information content (AvgIpc) is 2.40. The molecule has 2 rings (SSSR count). The van der Waals surface area contributed by atoms with Crippen molar-refractivity contribution < 1.29 is 13.0 Å². The van der Waals surface area contributed by atoms with Gasteiger partial charge in [-0.3, -0.25) is 4.55 Å². The minimum atomic E-state index is -4.37. The van der Waals surface area contributed by atoms with Crippen LogP contribution in [0.15, 0.2) is 65.8 Å². The maximum absolute atomic E-state index is 10.7. The van der Waals surface area contributed by atoms with Gasteiger partial charge in [-0.15, -0.1) is 0 Å². The van der Waals surface area contributed by atoms with Crippen molar-refractivity contribution in [3.8, 4) is 0 Å². The third-order valence-corrected chi connectivity index (χ3v) is 2.69. The van der Waals surface area contributed by atoms with Crippen molar-refractivity contribution in [2.45, 2.75) is 0 Å². The SMILES string of the molecule is O=S(=O)(O)NN=C(c1ccccc1)c1ccccc1. The van der Waals surface area contributed by atoms with E-state index in [1.807, 2.05) is 36.4 Å². The molecule has 0 aliphatic rings. The Bertz CT molecular complexity index is 626. The quantitative estimate of drug-likeness (QED) is 0.508. The Balaban J connectivity index is 2.46. The van der Waals surface area contributed by atoms with Crippen LogP contribution in [-0.4, -0.2) is 18.7 Å². The number of rotatable bonds is 4. The van der Waals surface area contributed by atoms with Crippen molar-refractivity contribution >= 4 is 16.0 Å².